The number of aliphatic hydroxyl groups is 1. The number of urea groups is 1. The van der Waals surface area contributed by atoms with Crippen LogP contribution in [0.1, 0.15) is 38.7 Å². The predicted octanol–water partition coefficient (Wildman–Crippen LogP) is 2.92. The van der Waals surface area contributed by atoms with Crippen molar-refractivity contribution in [2.24, 2.45) is 5.41 Å². The van der Waals surface area contributed by atoms with Gasteiger partial charge in [0.05, 0.1) is 6.61 Å². The van der Waals surface area contributed by atoms with Gasteiger partial charge in [-0.25, -0.2) is 4.79 Å². The molecular weight excluding hydrogens is 252 g/mol. The van der Waals surface area contributed by atoms with Crippen molar-refractivity contribution in [3.63, 3.8) is 0 Å². The van der Waals surface area contributed by atoms with Crippen molar-refractivity contribution in [1.82, 2.24) is 5.32 Å². The van der Waals surface area contributed by atoms with Gasteiger partial charge >= 0.3 is 6.03 Å². The van der Waals surface area contributed by atoms with E-state index in [1.54, 1.807) is 0 Å². The molecule has 3 N–H and O–H groups in total. The summed E-state index contributed by atoms with van der Waals surface area (Å²) in [5.74, 6) is 0. The molecule has 2 rings (SSSR count). The van der Waals surface area contributed by atoms with E-state index in [1.165, 1.54) is 5.56 Å². The summed E-state index contributed by atoms with van der Waals surface area (Å²) in [7, 11) is 0. The minimum absolute atomic E-state index is 0.0439. The molecule has 0 bridgehead atoms. The van der Waals surface area contributed by atoms with E-state index in [9.17, 15) is 9.90 Å². The zero-order valence-corrected chi connectivity index (χ0v) is 12.3. The third-order valence-corrected chi connectivity index (χ3v) is 4.37. The molecular formula is C16H24N2O2. The van der Waals surface area contributed by atoms with Gasteiger partial charge in [-0.1, -0.05) is 32.4 Å². The van der Waals surface area contributed by atoms with Crippen molar-refractivity contribution in [2.75, 3.05) is 11.9 Å². The van der Waals surface area contributed by atoms with E-state index in [2.05, 4.69) is 17.6 Å². The van der Waals surface area contributed by atoms with Crippen LogP contribution in [0.4, 0.5) is 10.5 Å². The lowest BCUT2D eigenvalue weighted by Gasteiger charge is -2.30. The van der Waals surface area contributed by atoms with Crippen LogP contribution in [0.3, 0.4) is 0 Å². The van der Waals surface area contributed by atoms with E-state index in [1.807, 2.05) is 31.2 Å². The van der Waals surface area contributed by atoms with E-state index in [0.717, 1.165) is 31.4 Å². The lowest BCUT2D eigenvalue weighted by molar-refractivity contribution is 0.122. The van der Waals surface area contributed by atoms with Crippen LogP contribution in [0.25, 0.3) is 0 Å². The van der Waals surface area contributed by atoms with E-state index >= 15 is 0 Å². The average Bonchev–Trinajstić information content (AvgIpc) is 2.81. The maximum absolute atomic E-state index is 12.0. The lowest BCUT2D eigenvalue weighted by atomic mass is 9.86. The first kappa shape index (κ1) is 14.9. The van der Waals surface area contributed by atoms with Crippen molar-refractivity contribution in [3.05, 3.63) is 29.8 Å². The summed E-state index contributed by atoms with van der Waals surface area (Å²) in [6.45, 7) is 4.25. The smallest absolute Gasteiger partial charge is 0.319 e. The van der Waals surface area contributed by atoms with Crippen molar-refractivity contribution in [2.45, 2.75) is 45.6 Å². The first-order valence-electron chi connectivity index (χ1n) is 7.35. The average molecular weight is 276 g/mol. The van der Waals surface area contributed by atoms with Crippen LogP contribution in [0.15, 0.2) is 24.3 Å². The Morgan fingerprint density at radius 3 is 2.70 bits per heavy atom. The molecule has 2 unspecified atom stereocenters. The molecule has 0 heterocycles. The SMILES string of the molecule is CCc1ccc(NC(=O)NC2CCCC2(C)CO)cc1. The summed E-state index contributed by atoms with van der Waals surface area (Å²) in [6, 6.07) is 7.71. The Labute approximate surface area is 120 Å². The minimum atomic E-state index is -0.194. The fourth-order valence-corrected chi connectivity index (χ4v) is 2.82. The van der Waals surface area contributed by atoms with Crippen molar-refractivity contribution in [3.8, 4) is 0 Å². The fraction of sp³-hybridized carbons (Fsp3) is 0.562. The molecule has 1 aliphatic rings. The summed E-state index contributed by atoms with van der Waals surface area (Å²) in [5, 5.41) is 15.3. The Morgan fingerprint density at radius 2 is 2.10 bits per heavy atom. The molecule has 0 radical (unpaired) electrons. The number of aryl methyl sites for hydroxylation is 1. The first-order chi connectivity index (χ1) is 9.57. The molecule has 1 saturated carbocycles. The normalized spacial score (nSPS) is 25.4. The standard InChI is InChI=1S/C16H24N2O2/c1-3-12-6-8-13(9-7-12)17-15(20)18-14-5-4-10-16(14,2)11-19/h6-9,14,19H,3-5,10-11H2,1-2H3,(H2,17,18,20). The van der Waals surface area contributed by atoms with E-state index in [0.29, 0.717) is 0 Å². The molecule has 4 nitrogen and oxygen atoms in total. The number of amides is 2. The molecule has 0 saturated heterocycles. The van der Waals surface area contributed by atoms with Gasteiger partial charge in [0.15, 0.2) is 0 Å². The van der Waals surface area contributed by atoms with Crippen LogP contribution in [0.5, 0.6) is 0 Å². The summed E-state index contributed by atoms with van der Waals surface area (Å²) in [5.41, 5.74) is 1.85. The number of anilines is 1. The molecule has 1 fully saturated rings. The van der Waals surface area contributed by atoms with E-state index < -0.39 is 0 Å². The molecule has 110 valence electrons. The van der Waals surface area contributed by atoms with Gasteiger partial charge in [-0.05, 0) is 37.0 Å². The van der Waals surface area contributed by atoms with Crippen LogP contribution in [-0.2, 0) is 6.42 Å². The third-order valence-electron chi connectivity index (χ3n) is 4.37. The second-order valence-electron chi connectivity index (χ2n) is 5.91. The number of aliphatic hydroxyl groups excluding tert-OH is 1. The number of hydrogen-bond acceptors (Lipinski definition) is 2. The van der Waals surface area contributed by atoms with Gasteiger partial charge < -0.3 is 15.7 Å². The van der Waals surface area contributed by atoms with Crippen molar-refractivity contribution < 1.29 is 9.90 Å². The quantitative estimate of drug-likeness (QED) is 0.792. The van der Waals surface area contributed by atoms with Gasteiger partial charge in [-0.2, -0.15) is 0 Å². The number of rotatable bonds is 4. The second-order valence-corrected chi connectivity index (χ2v) is 5.91. The third kappa shape index (κ3) is 3.31. The minimum Gasteiger partial charge on any atom is -0.396 e. The zero-order chi connectivity index (χ0) is 14.6. The van der Waals surface area contributed by atoms with E-state index in [4.69, 9.17) is 0 Å². The molecule has 20 heavy (non-hydrogen) atoms. The van der Waals surface area contributed by atoms with Crippen LogP contribution in [-0.4, -0.2) is 23.8 Å². The number of benzene rings is 1. The number of hydrogen-bond donors (Lipinski definition) is 3. The first-order valence-corrected chi connectivity index (χ1v) is 7.35. The predicted molar refractivity (Wildman–Crippen MR) is 80.8 cm³/mol. The van der Waals surface area contributed by atoms with Crippen molar-refractivity contribution >= 4 is 11.7 Å². The van der Waals surface area contributed by atoms with Gasteiger partial charge in [-0.3, -0.25) is 0 Å². The number of carbonyl (C=O) groups is 1. The highest BCUT2D eigenvalue weighted by molar-refractivity contribution is 5.89. The maximum Gasteiger partial charge on any atom is 0.319 e. The van der Waals surface area contributed by atoms with Gasteiger partial charge in [0.1, 0.15) is 0 Å². The highest BCUT2D eigenvalue weighted by Crippen LogP contribution is 2.37. The Bertz CT molecular complexity index is 458. The Balaban J connectivity index is 1.91. The summed E-state index contributed by atoms with van der Waals surface area (Å²) in [6.07, 6.45) is 3.93. The summed E-state index contributed by atoms with van der Waals surface area (Å²) >= 11 is 0. The van der Waals surface area contributed by atoms with Crippen LogP contribution >= 0.6 is 0 Å². The molecule has 0 spiro atoms. The highest BCUT2D eigenvalue weighted by Gasteiger charge is 2.39. The summed E-state index contributed by atoms with van der Waals surface area (Å²) in [4.78, 5) is 12.0. The van der Waals surface area contributed by atoms with Gasteiger partial charge in [-0.15, -0.1) is 0 Å². The molecule has 0 aromatic heterocycles. The lowest BCUT2D eigenvalue weighted by Crippen LogP contribution is -2.46. The molecule has 2 amide bonds. The Morgan fingerprint density at radius 1 is 1.40 bits per heavy atom. The van der Waals surface area contributed by atoms with Gasteiger partial charge in [0.25, 0.3) is 0 Å². The monoisotopic (exact) mass is 276 g/mol. The molecule has 4 heteroatoms. The fourth-order valence-electron chi connectivity index (χ4n) is 2.82. The van der Waals surface area contributed by atoms with E-state index in [-0.39, 0.29) is 24.1 Å². The zero-order valence-electron chi connectivity index (χ0n) is 12.3. The molecule has 1 aromatic rings. The van der Waals surface area contributed by atoms with Crippen LogP contribution < -0.4 is 10.6 Å². The molecule has 1 aromatic carbocycles. The number of nitrogens with one attached hydrogen (secondary N) is 2. The van der Waals surface area contributed by atoms with Gasteiger partial charge in [0.2, 0.25) is 0 Å². The number of carbonyl (C=O) groups excluding carboxylic acids is 1. The summed E-state index contributed by atoms with van der Waals surface area (Å²) < 4.78 is 0. The van der Waals surface area contributed by atoms with Crippen LogP contribution in [0.2, 0.25) is 0 Å². The molecule has 1 aliphatic carbocycles. The molecule has 2 atom stereocenters. The topological polar surface area (TPSA) is 61.4 Å². The maximum atomic E-state index is 12.0. The van der Waals surface area contributed by atoms with Crippen molar-refractivity contribution in [1.29, 1.82) is 0 Å². The van der Waals surface area contributed by atoms with Crippen LogP contribution in [0, 0.1) is 5.41 Å². The Hall–Kier alpha value is -1.55. The van der Waals surface area contributed by atoms with Gasteiger partial charge in [0, 0.05) is 17.1 Å². The largest absolute Gasteiger partial charge is 0.396 e. The second kappa shape index (κ2) is 6.27. The highest BCUT2D eigenvalue weighted by atomic mass is 16.3. The Kier molecular flexibility index (Phi) is 4.65. The molecule has 0 aliphatic heterocycles.